The number of para-hydroxylation sites is 1. The predicted molar refractivity (Wildman–Crippen MR) is 84.6 cm³/mol. The summed E-state index contributed by atoms with van der Waals surface area (Å²) in [6, 6.07) is 9.87. The van der Waals surface area contributed by atoms with E-state index in [-0.39, 0.29) is 24.1 Å². The molecule has 2 nitrogen and oxygen atoms in total. The third-order valence-corrected chi connectivity index (χ3v) is 3.70. The highest BCUT2D eigenvalue weighted by molar-refractivity contribution is 5.79. The van der Waals surface area contributed by atoms with Crippen molar-refractivity contribution >= 4 is 17.5 Å². The molecule has 0 radical (unpaired) electrons. The number of anilines is 2. The van der Waals surface area contributed by atoms with Crippen LogP contribution in [0.5, 0.6) is 5.75 Å². The molecule has 0 aromatic heterocycles. The van der Waals surface area contributed by atoms with E-state index in [1.54, 1.807) is 11.8 Å². The number of benzene rings is 2. The molecule has 1 aliphatic heterocycles. The number of rotatable bonds is 3. The van der Waals surface area contributed by atoms with Gasteiger partial charge in [0.1, 0.15) is 5.82 Å². The molecule has 114 valence electrons. The van der Waals surface area contributed by atoms with Gasteiger partial charge in [-0.1, -0.05) is 30.4 Å². The summed E-state index contributed by atoms with van der Waals surface area (Å²) in [5, 5.41) is 0. The van der Waals surface area contributed by atoms with Crippen LogP contribution in [-0.4, -0.2) is 12.6 Å². The Labute approximate surface area is 128 Å². The van der Waals surface area contributed by atoms with E-state index >= 15 is 0 Å². The molecule has 22 heavy (non-hydrogen) atoms. The van der Waals surface area contributed by atoms with Gasteiger partial charge in [0.25, 0.3) is 0 Å². The maximum atomic E-state index is 14.7. The molecule has 0 amide bonds. The summed E-state index contributed by atoms with van der Waals surface area (Å²) in [4.78, 5) is 1.79. The summed E-state index contributed by atoms with van der Waals surface area (Å²) in [7, 11) is 0. The largest absolute Gasteiger partial charge is 0.491 e. The van der Waals surface area contributed by atoms with Crippen LogP contribution >= 0.6 is 0 Å². The van der Waals surface area contributed by atoms with Crippen molar-refractivity contribution in [2.75, 3.05) is 11.5 Å². The SMILES string of the molecule is CCOc1cc(F)cc(N2c3ccccc3C=CC2C)c1F. The molecule has 0 N–H and O–H groups in total. The van der Waals surface area contributed by atoms with Crippen LogP contribution < -0.4 is 9.64 Å². The van der Waals surface area contributed by atoms with E-state index < -0.39 is 11.6 Å². The number of hydrogen-bond acceptors (Lipinski definition) is 2. The first-order valence-corrected chi connectivity index (χ1v) is 7.30. The molecule has 1 heterocycles. The van der Waals surface area contributed by atoms with Gasteiger partial charge in [-0.3, -0.25) is 0 Å². The van der Waals surface area contributed by atoms with Crippen molar-refractivity contribution in [1.82, 2.24) is 0 Å². The Morgan fingerprint density at radius 1 is 1.14 bits per heavy atom. The van der Waals surface area contributed by atoms with E-state index in [4.69, 9.17) is 4.74 Å². The lowest BCUT2D eigenvalue weighted by atomic mass is 10.0. The molecule has 0 saturated heterocycles. The number of hydrogen-bond donors (Lipinski definition) is 0. The molecule has 0 aliphatic carbocycles. The Kier molecular flexibility index (Phi) is 3.84. The van der Waals surface area contributed by atoms with Crippen molar-refractivity contribution in [1.29, 1.82) is 0 Å². The van der Waals surface area contributed by atoms with E-state index in [1.165, 1.54) is 6.07 Å². The highest BCUT2D eigenvalue weighted by atomic mass is 19.1. The third kappa shape index (κ3) is 2.45. The molecule has 1 atom stereocenters. The second kappa shape index (κ2) is 5.79. The summed E-state index contributed by atoms with van der Waals surface area (Å²) in [5.74, 6) is -1.11. The summed E-state index contributed by atoms with van der Waals surface area (Å²) < 4.78 is 33.8. The summed E-state index contributed by atoms with van der Waals surface area (Å²) in [5.41, 5.74) is 2.01. The van der Waals surface area contributed by atoms with Crippen LogP contribution in [0.2, 0.25) is 0 Å². The molecule has 2 aromatic rings. The minimum atomic E-state index is -0.541. The van der Waals surface area contributed by atoms with Gasteiger partial charge in [0.05, 0.1) is 12.3 Å². The maximum Gasteiger partial charge on any atom is 0.188 e. The monoisotopic (exact) mass is 301 g/mol. The van der Waals surface area contributed by atoms with Gasteiger partial charge in [0.15, 0.2) is 11.6 Å². The van der Waals surface area contributed by atoms with Crippen LogP contribution in [0.25, 0.3) is 6.08 Å². The highest BCUT2D eigenvalue weighted by Gasteiger charge is 2.25. The van der Waals surface area contributed by atoms with Crippen LogP contribution in [-0.2, 0) is 0 Å². The first kappa shape index (κ1) is 14.6. The van der Waals surface area contributed by atoms with Gasteiger partial charge in [-0.05, 0) is 25.5 Å². The fourth-order valence-corrected chi connectivity index (χ4v) is 2.73. The van der Waals surface area contributed by atoms with E-state index in [0.717, 1.165) is 17.3 Å². The first-order valence-electron chi connectivity index (χ1n) is 7.30. The van der Waals surface area contributed by atoms with Gasteiger partial charge < -0.3 is 9.64 Å². The van der Waals surface area contributed by atoms with Gasteiger partial charge in [-0.2, -0.15) is 0 Å². The smallest absolute Gasteiger partial charge is 0.188 e. The van der Waals surface area contributed by atoms with Crippen molar-refractivity contribution in [3.63, 3.8) is 0 Å². The van der Waals surface area contributed by atoms with Gasteiger partial charge in [-0.25, -0.2) is 8.78 Å². The van der Waals surface area contributed by atoms with Crippen molar-refractivity contribution in [2.24, 2.45) is 0 Å². The normalized spacial score (nSPS) is 16.5. The Balaban J connectivity index is 2.16. The predicted octanol–water partition coefficient (Wildman–Crippen LogP) is 4.92. The summed E-state index contributed by atoms with van der Waals surface area (Å²) in [6.07, 6.45) is 3.96. The second-order valence-electron chi connectivity index (χ2n) is 5.20. The summed E-state index contributed by atoms with van der Waals surface area (Å²) >= 11 is 0. The lowest BCUT2D eigenvalue weighted by Gasteiger charge is -2.34. The molecule has 0 spiro atoms. The zero-order chi connectivity index (χ0) is 15.7. The fourth-order valence-electron chi connectivity index (χ4n) is 2.73. The lowest BCUT2D eigenvalue weighted by Crippen LogP contribution is -2.30. The van der Waals surface area contributed by atoms with Crippen LogP contribution in [0.3, 0.4) is 0 Å². The molecule has 0 bridgehead atoms. The van der Waals surface area contributed by atoms with Crippen LogP contribution in [0.15, 0.2) is 42.5 Å². The maximum absolute atomic E-state index is 14.7. The Bertz CT molecular complexity index is 727. The van der Waals surface area contributed by atoms with Crippen molar-refractivity contribution in [3.05, 3.63) is 59.7 Å². The van der Waals surface area contributed by atoms with E-state index in [9.17, 15) is 8.78 Å². The first-order chi connectivity index (χ1) is 10.6. The number of fused-ring (bicyclic) bond motifs is 1. The molecule has 2 aromatic carbocycles. The van der Waals surface area contributed by atoms with Gasteiger partial charge >= 0.3 is 0 Å². The molecular formula is C18H17F2NO. The molecule has 1 unspecified atom stereocenters. The molecule has 0 saturated carbocycles. The minimum Gasteiger partial charge on any atom is -0.491 e. The zero-order valence-corrected chi connectivity index (χ0v) is 12.5. The Hall–Kier alpha value is -2.36. The number of ether oxygens (including phenoxy) is 1. The Morgan fingerprint density at radius 2 is 1.91 bits per heavy atom. The quantitative estimate of drug-likeness (QED) is 0.798. The van der Waals surface area contributed by atoms with E-state index in [0.29, 0.717) is 0 Å². The van der Waals surface area contributed by atoms with E-state index in [2.05, 4.69) is 0 Å². The van der Waals surface area contributed by atoms with Crippen LogP contribution in [0.1, 0.15) is 19.4 Å². The highest BCUT2D eigenvalue weighted by Crippen LogP contribution is 2.39. The van der Waals surface area contributed by atoms with Crippen molar-refractivity contribution < 1.29 is 13.5 Å². The minimum absolute atomic E-state index is 0.0586. The van der Waals surface area contributed by atoms with Crippen molar-refractivity contribution in [3.8, 4) is 5.75 Å². The van der Waals surface area contributed by atoms with Crippen molar-refractivity contribution in [2.45, 2.75) is 19.9 Å². The van der Waals surface area contributed by atoms with Gasteiger partial charge in [-0.15, -0.1) is 0 Å². The van der Waals surface area contributed by atoms with E-state index in [1.807, 2.05) is 43.3 Å². The average Bonchev–Trinajstić information content (AvgIpc) is 2.51. The molecule has 3 rings (SSSR count). The third-order valence-electron chi connectivity index (χ3n) is 3.70. The summed E-state index contributed by atoms with van der Waals surface area (Å²) in [6.45, 7) is 3.97. The second-order valence-corrected chi connectivity index (χ2v) is 5.20. The molecule has 1 aliphatic rings. The van der Waals surface area contributed by atoms with Crippen LogP contribution in [0.4, 0.5) is 20.2 Å². The Morgan fingerprint density at radius 3 is 2.68 bits per heavy atom. The topological polar surface area (TPSA) is 12.5 Å². The van der Waals surface area contributed by atoms with Gasteiger partial charge in [0, 0.05) is 23.9 Å². The van der Waals surface area contributed by atoms with Crippen LogP contribution in [0, 0.1) is 11.6 Å². The molecule has 0 fully saturated rings. The number of halogens is 2. The standard InChI is InChI=1S/C18H17F2NO/c1-3-22-17-11-14(19)10-16(18(17)20)21-12(2)8-9-13-6-4-5-7-15(13)21/h4-12H,3H2,1-2H3. The zero-order valence-electron chi connectivity index (χ0n) is 12.5. The lowest BCUT2D eigenvalue weighted by molar-refractivity contribution is 0.319. The van der Waals surface area contributed by atoms with Gasteiger partial charge in [0.2, 0.25) is 0 Å². The average molecular weight is 301 g/mol. The number of nitrogens with zero attached hydrogens (tertiary/aromatic N) is 1. The molecule has 4 heteroatoms. The molecular weight excluding hydrogens is 284 g/mol. The fraction of sp³-hybridized carbons (Fsp3) is 0.222.